The molecular formula is C9H9N5. The van der Waals surface area contributed by atoms with E-state index in [1.807, 2.05) is 13.8 Å². The first-order valence-electron chi connectivity index (χ1n) is 4.23. The predicted octanol–water partition coefficient (Wildman–Crippen LogP) is 0.945. The molecule has 5 heteroatoms. The summed E-state index contributed by atoms with van der Waals surface area (Å²) in [5.74, 6) is 0.515. The molecule has 0 unspecified atom stereocenters. The quantitative estimate of drug-likeness (QED) is 0.664. The zero-order valence-corrected chi connectivity index (χ0v) is 7.97. The highest BCUT2D eigenvalue weighted by Crippen LogP contribution is 2.09. The van der Waals surface area contributed by atoms with Crippen LogP contribution in [0.25, 0.3) is 11.5 Å². The monoisotopic (exact) mass is 187 g/mol. The van der Waals surface area contributed by atoms with Crippen LogP contribution in [0.2, 0.25) is 0 Å². The topological polar surface area (TPSA) is 64.5 Å². The molecule has 2 aromatic heterocycles. The second-order valence-corrected chi connectivity index (χ2v) is 2.92. The number of hydrogen-bond donors (Lipinski definition) is 0. The van der Waals surface area contributed by atoms with Crippen molar-refractivity contribution in [1.82, 2.24) is 25.4 Å². The highest BCUT2D eigenvalue weighted by atomic mass is 15.2. The summed E-state index contributed by atoms with van der Waals surface area (Å²) in [5.41, 5.74) is 2.33. The molecule has 2 aromatic rings. The molecule has 0 aromatic carbocycles. The van der Waals surface area contributed by atoms with Crippen LogP contribution < -0.4 is 0 Å². The van der Waals surface area contributed by atoms with Crippen molar-refractivity contribution in [3.05, 3.63) is 29.7 Å². The Bertz CT molecular complexity index is 440. The maximum Gasteiger partial charge on any atom is 0.202 e. The fraction of sp³-hybridized carbons (Fsp3) is 0.222. The van der Waals surface area contributed by atoms with Gasteiger partial charge in [-0.2, -0.15) is 10.2 Å². The van der Waals surface area contributed by atoms with Gasteiger partial charge in [-0.05, 0) is 26.0 Å². The van der Waals surface area contributed by atoms with E-state index >= 15 is 0 Å². The second-order valence-electron chi connectivity index (χ2n) is 2.92. The molecule has 0 saturated carbocycles. The maximum atomic E-state index is 4.27. The maximum absolute atomic E-state index is 4.27. The Labute approximate surface area is 81.3 Å². The van der Waals surface area contributed by atoms with Crippen molar-refractivity contribution in [2.75, 3.05) is 0 Å². The first-order chi connectivity index (χ1) is 6.77. The van der Waals surface area contributed by atoms with Crippen LogP contribution >= 0.6 is 0 Å². The molecule has 5 nitrogen and oxygen atoms in total. The molecule has 0 atom stereocenters. The molecule has 70 valence electrons. The Balaban J connectivity index is 2.48. The largest absolute Gasteiger partial charge is 0.228 e. The number of hydrogen-bond acceptors (Lipinski definition) is 5. The van der Waals surface area contributed by atoms with Crippen LogP contribution in [0.4, 0.5) is 0 Å². The first kappa shape index (κ1) is 8.68. The Morgan fingerprint density at radius 2 is 1.86 bits per heavy atom. The lowest BCUT2D eigenvalue weighted by Gasteiger charge is -1.99. The van der Waals surface area contributed by atoms with E-state index in [2.05, 4.69) is 25.4 Å². The Kier molecular flexibility index (Phi) is 2.14. The number of aryl methyl sites for hydroxylation is 2. The highest BCUT2D eigenvalue weighted by molar-refractivity contribution is 5.46. The van der Waals surface area contributed by atoms with E-state index in [4.69, 9.17) is 0 Å². The minimum atomic E-state index is 0.515. The van der Waals surface area contributed by atoms with E-state index in [1.54, 1.807) is 18.3 Å². The van der Waals surface area contributed by atoms with Gasteiger partial charge in [0.1, 0.15) is 5.69 Å². The van der Waals surface area contributed by atoms with Crippen molar-refractivity contribution in [2.24, 2.45) is 0 Å². The van der Waals surface area contributed by atoms with Crippen LogP contribution in [-0.2, 0) is 0 Å². The molecule has 14 heavy (non-hydrogen) atoms. The van der Waals surface area contributed by atoms with E-state index in [-0.39, 0.29) is 0 Å². The van der Waals surface area contributed by atoms with Gasteiger partial charge in [0.2, 0.25) is 5.82 Å². The summed E-state index contributed by atoms with van der Waals surface area (Å²) in [6, 6.07) is 3.60. The molecule has 2 heterocycles. The number of nitrogens with zero attached hydrogens (tertiary/aromatic N) is 5. The third-order valence-electron chi connectivity index (χ3n) is 1.89. The Morgan fingerprint density at radius 3 is 2.50 bits per heavy atom. The lowest BCUT2D eigenvalue weighted by atomic mass is 10.3. The minimum Gasteiger partial charge on any atom is -0.228 e. The predicted molar refractivity (Wildman–Crippen MR) is 50.3 cm³/mol. The molecule has 0 aliphatic rings. The van der Waals surface area contributed by atoms with Crippen molar-refractivity contribution < 1.29 is 0 Å². The van der Waals surface area contributed by atoms with Crippen molar-refractivity contribution in [3.8, 4) is 11.5 Å². The van der Waals surface area contributed by atoms with Gasteiger partial charge in [0.15, 0.2) is 0 Å². The smallest absolute Gasteiger partial charge is 0.202 e. The third kappa shape index (κ3) is 1.56. The van der Waals surface area contributed by atoms with Crippen LogP contribution in [-0.4, -0.2) is 25.4 Å². The molecule has 0 fully saturated rings. The number of rotatable bonds is 1. The summed E-state index contributed by atoms with van der Waals surface area (Å²) in [6.45, 7) is 3.76. The molecule has 0 aliphatic heterocycles. The molecule has 0 aliphatic carbocycles. The fourth-order valence-electron chi connectivity index (χ4n) is 0.986. The van der Waals surface area contributed by atoms with Gasteiger partial charge in [0.05, 0.1) is 11.4 Å². The average Bonchev–Trinajstić information content (AvgIpc) is 2.23. The van der Waals surface area contributed by atoms with Gasteiger partial charge in [-0.1, -0.05) is 0 Å². The fourth-order valence-corrected chi connectivity index (χ4v) is 0.986. The van der Waals surface area contributed by atoms with Crippen molar-refractivity contribution in [3.63, 3.8) is 0 Å². The SMILES string of the molecule is Cc1nnc(-c2cccnn2)nc1C. The standard InChI is InChI=1S/C9H9N5/c1-6-7(2)12-14-9(11-6)8-4-3-5-10-13-8/h3-5H,1-2H3. The van der Waals surface area contributed by atoms with Gasteiger partial charge >= 0.3 is 0 Å². The first-order valence-corrected chi connectivity index (χ1v) is 4.23. The van der Waals surface area contributed by atoms with Gasteiger partial charge < -0.3 is 0 Å². The molecule has 0 spiro atoms. The van der Waals surface area contributed by atoms with Gasteiger partial charge in [0.25, 0.3) is 0 Å². The number of aromatic nitrogens is 5. The third-order valence-corrected chi connectivity index (χ3v) is 1.89. The zero-order chi connectivity index (χ0) is 9.97. The van der Waals surface area contributed by atoms with Crippen LogP contribution in [0.3, 0.4) is 0 Å². The van der Waals surface area contributed by atoms with Crippen LogP contribution in [0.15, 0.2) is 18.3 Å². The van der Waals surface area contributed by atoms with Crippen molar-refractivity contribution >= 4 is 0 Å². The zero-order valence-electron chi connectivity index (χ0n) is 7.97. The summed E-state index contributed by atoms with van der Waals surface area (Å²) in [4.78, 5) is 4.27. The van der Waals surface area contributed by atoms with Gasteiger partial charge in [0, 0.05) is 6.20 Å². The lowest BCUT2D eigenvalue weighted by Crippen LogP contribution is -2.00. The second kappa shape index (κ2) is 3.45. The van der Waals surface area contributed by atoms with E-state index in [0.29, 0.717) is 11.5 Å². The van der Waals surface area contributed by atoms with Crippen LogP contribution in [0.1, 0.15) is 11.4 Å². The highest BCUT2D eigenvalue weighted by Gasteiger charge is 2.04. The lowest BCUT2D eigenvalue weighted by molar-refractivity contribution is 0.889. The summed E-state index contributed by atoms with van der Waals surface area (Å²) >= 11 is 0. The minimum absolute atomic E-state index is 0.515. The summed E-state index contributed by atoms with van der Waals surface area (Å²) in [6.07, 6.45) is 1.61. The Morgan fingerprint density at radius 1 is 1.00 bits per heavy atom. The van der Waals surface area contributed by atoms with E-state index in [9.17, 15) is 0 Å². The van der Waals surface area contributed by atoms with Gasteiger partial charge in [-0.25, -0.2) is 4.98 Å². The van der Waals surface area contributed by atoms with Crippen molar-refractivity contribution in [1.29, 1.82) is 0 Å². The van der Waals surface area contributed by atoms with E-state index < -0.39 is 0 Å². The molecule has 0 radical (unpaired) electrons. The molecule has 0 N–H and O–H groups in total. The summed E-state index contributed by atoms with van der Waals surface area (Å²) in [5, 5.41) is 15.6. The van der Waals surface area contributed by atoms with Gasteiger partial charge in [-0.15, -0.1) is 10.2 Å². The molecule has 2 rings (SSSR count). The Hall–Kier alpha value is -1.91. The normalized spacial score (nSPS) is 10.1. The van der Waals surface area contributed by atoms with Crippen molar-refractivity contribution in [2.45, 2.75) is 13.8 Å². The summed E-state index contributed by atoms with van der Waals surface area (Å²) in [7, 11) is 0. The van der Waals surface area contributed by atoms with E-state index in [0.717, 1.165) is 11.4 Å². The van der Waals surface area contributed by atoms with Crippen LogP contribution in [0.5, 0.6) is 0 Å². The summed E-state index contributed by atoms with van der Waals surface area (Å²) < 4.78 is 0. The van der Waals surface area contributed by atoms with Crippen LogP contribution in [0, 0.1) is 13.8 Å². The van der Waals surface area contributed by atoms with Gasteiger partial charge in [-0.3, -0.25) is 0 Å². The molecule has 0 saturated heterocycles. The molecular weight excluding hydrogens is 178 g/mol. The molecule has 0 amide bonds. The average molecular weight is 187 g/mol. The van der Waals surface area contributed by atoms with E-state index in [1.165, 1.54) is 0 Å². The molecule has 0 bridgehead atoms.